The first-order valence-electron chi connectivity index (χ1n) is 5.02. The first kappa shape index (κ1) is 14.1. The van der Waals surface area contributed by atoms with E-state index in [1.165, 1.54) is 0 Å². The van der Waals surface area contributed by atoms with Crippen LogP contribution in [-0.2, 0) is 6.61 Å². The number of halogens is 4. The summed E-state index contributed by atoms with van der Waals surface area (Å²) in [6.07, 6.45) is -5.18. The van der Waals surface area contributed by atoms with Crippen molar-refractivity contribution in [2.75, 3.05) is 6.61 Å². The van der Waals surface area contributed by atoms with Crippen LogP contribution in [0.1, 0.15) is 18.4 Å². The highest BCUT2D eigenvalue weighted by Crippen LogP contribution is 2.27. The number of ether oxygens (including phenoxy) is 1. The van der Waals surface area contributed by atoms with Gasteiger partial charge in [0.15, 0.2) is 0 Å². The molecule has 0 heterocycles. The molecule has 0 saturated heterocycles. The van der Waals surface area contributed by atoms with Crippen molar-refractivity contribution in [1.82, 2.24) is 0 Å². The third-order valence-electron chi connectivity index (χ3n) is 2.10. The minimum absolute atomic E-state index is 0.0626. The molecule has 0 saturated carbocycles. The van der Waals surface area contributed by atoms with Crippen LogP contribution >= 0.6 is 11.6 Å². The lowest BCUT2D eigenvalue weighted by Crippen LogP contribution is -2.10. The van der Waals surface area contributed by atoms with Gasteiger partial charge in [0, 0.05) is 17.0 Å². The average molecular weight is 269 g/mol. The second-order valence-corrected chi connectivity index (χ2v) is 3.85. The van der Waals surface area contributed by atoms with Crippen LogP contribution in [0.25, 0.3) is 0 Å². The van der Waals surface area contributed by atoms with Crippen LogP contribution in [0.2, 0.25) is 5.02 Å². The minimum atomic E-state index is -4.17. The highest BCUT2D eigenvalue weighted by molar-refractivity contribution is 6.31. The maximum Gasteiger partial charge on any atom is 0.389 e. The smallest absolute Gasteiger partial charge is 0.389 e. The molecule has 0 spiro atoms. The topological polar surface area (TPSA) is 29.5 Å². The molecule has 0 aliphatic carbocycles. The van der Waals surface area contributed by atoms with Crippen molar-refractivity contribution in [2.24, 2.45) is 0 Å². The summed E-state index contributed by atoms with van der Waals surface area (Å²) in [4.78, 5) is 0. The second kappa shape index (κ2) is 6.12. The van der Waals surface area contributed by atoms with Gasteiger partial charge in [0.05, 0.1) is 13.2 Å². The lowest BCUT2D eigenvalue weighted by Gasteiger charge is -2.11. The molecule has 0 bridgehead atoms. The highest BCUT2D eigenvalue weighted by atomic mass is 35.5. The Hall–Kier alpha value is -0.940. The van der Waals surface area contributed by atoms with E-state index in [1.807, 2.05) is 0 Å². The van der Waals surface area contributed by atoms with Crippen molar-refractivity contribution in [3.05, 3.63) is 28.8 Å². The lowest BCUT2D eigenvalue weighted by molar-refractivity contribution is -0.136. The molecular weight excluding hydrogens is 257 g/mol. The Morgan fingerprint density at radius 3 is 2.59 bits per heavy atom. The zero-order valence-corrected chi connectivity index (χ0v) is 9.68. The van der Waals surface area contributed by atoms with Crippen LogP contribution < -0.4 is 4.74 Å². The second-order valence-electron chi connectivity index (χ2n) is 3.44. The maximum atomic E-state index is 11.9. The summed E-state index contributed by atoms with van der Waals surface area (Å²) >= 11 is 5.79. The van der Waals surface area contributed by atoms with Crippen LogP contribution in [0.3, 0.4) is 0 Å². The van der Waals surface area contributed by atoms with Gasteiger partial charge in [0.1, 0.15) is 5.75 Å². The fraction of sp³-hybridized carbons (Fsp3) is 0.455. The SMILES string of the molecule is OCc1c(Cl)cccc1OCCCC(F)(F)F. The summed E-state index contributed by atoms with van der Waals surface area (Å²) in [6, 6.07) is 4.75. The monoisotopic (exact) mass is 268 g/mol. The fourth-order valence-electron chi connectivity index (χ4n) is 1.28. The van der Waals surface area contributed by atoms with E-state index < -0.39 is 12.6 Å². The number of aliphatic hydroxyl groups excluding tert-OH is 1. The Morgan fingerprint density at radius 2 is 2.00 bits per heavy atom. The summed E-state index contributed by atoms with van der Waals surface area (Å²) in [5.74, 6) is 0.321. The van der Waals surface area contributed by atoms with E-state index in [1.54, 1.807) is 18.2 Å². The van der Waals surface area contributed by atoms with Crippen molar-refractivity contribution in [1.29, 1.82) is 0 Å². The first-order valence-corrected chi connectivity index (χ1v) is 5.39. The lowest BCUT2D eigenvalue weighted by atomic mass is 10.2. The highest BCUT2D eigenvalue weighted by Gasteiger charge is 2.26. The number of alkyl halides is 3. The molecule has 17 heavy (non-hydrogen) atoms. The van der Waals surface area contributed by atoms with E-state index >= 15 is 0 Å². The van der Waals surface area contributed by atoms with Crippen LogP contribution in [0.15, 0.2) is 18.2 Å². The quantitative estimate of drug-likeness (QED) is 0.828. The molecule has 2 nitrogen and oxygen atoms in total. The van der Waals surface area contributed by atoms with Crippen LogP contribution in [-0.4, -0.2) is 17.9 Å². The molecule has 6 heteroatoms. The molecule has 0 unspecified atom stereocenters. The molecule has 1 rings (SSSR count). The van der Waals surface area contributed by atoms with E-state index in [0.29, 0.717) is 16.3 Å². The summed E-state index contributed by atoms with van der Waals surface area (Å²) in [6.45, 7) is -0.374. The molecule has 1 N–H and O–H groups in total. The summed E-state index contributed by atoms with van der Waals surface area (Å²) in [5.41, 5.74) is 0.390. The number of benzene rings is 1. The van der Waals surface area contributed by atoms with Gasteiger partial charge < -0.3 is 9.84 Å². The van der Waals surface area contributed by atoms with E-state index in [4.69, 9.17) is 21.4 Å². The van der Waals surface area contributed by atoms with Crippen LogP contribution in [0.5, 0.6) is 5.75 Å². The van der Waals surface area contributed by atoms with Gasteiger partial charge in [-0.3, -0.25) is 0 Å². The van der Waals surface area contributed by atoms with Gasteiger partial charge >= 0.3 is 6.18 Å². The zero-order valence-electron chi connectivity index (χ0n) is 8.93. The Labute approximate surface area is 102 Å². The van der Waals surface area contributed by atoms with Gasteiger partial charge in [-0.05, 0) is 18.6 Å². The van der Waals surface area contributed by atoms with E-state index in [9.17, 15) is 13.2 Å². The van der Waals surface area contributed by atoms with E-state index in [0.717, 1.165) is 0 Å². The fourth-order valence-corrected chi connectivity index (χ4v) is 1.51. The number of hydrogen-bond acceptors (Lipinski definition) is 2. The Kier molecular flexibility index (Phi) is 5.08. The molecule has 0 fully saturated rings. The predicted molar refractivity (Wildman–Crippen MR) is 58.2 cm³/mol. The standard InChI is InChI=1S/C11H12ClF3O2/c12-9-3-1-4-10(8(9)7-16)17-6-2-5-11(13,14)15/h1,3-4,16H,2,5-7H2. The molecule has 0 atom stereocenters. The molecule has 1 aromatic carbocycles. The Bertz CT molecular complexity index is 366. The first-order chi connectivity index (χ1) is 7.94. The van der Waals surface area contributed by atoms with Gasteiger partial charge in [-0.25, -0.2) is 0 Å². The zero-order chi connectivity index (χ0) is 12.9. The Balaban J connectivity index is 2.49. The normalized spacial score (nSPS) is 11.6. The predicted octanol–water partition coefficient (Wildman–Crippen LogP) is 3.55. The average Bonchev–Trinajstić information content (AvgIpc) is 2.23. The largest absolute Gasteiger partial charge is 0.493 e. The van der Waals surface area contributed by atoms with Gasteiger partial charge in [-0.2, -0.15) is 13.2 Å². The minimum Gasteiger partial charge on any atom is -0.493 e. The van der Waals surface area contributed by atoms with Gasteiger partial charge in [0.2, 0.25) is 0 Å². The molecule has 1 aromatic rings. The summed E-state index contributed by atoms with van der Waals surface area (Å²) < 4.78 is 40.8. The van der Waals surface area contributed by atoms with Crippen molar-refractivity contribution < 1.29 is 23.0 Å². The van der Waals surface area contributed by atoms with Crippen molar-refractivity contribution in [3.63, 3.8) is 0 Å². The van der Waals surface area contributed by atoms with Crippen molar-refractivity contribution in [3.8, 4) is 5.75 Å². The molecule has 0 aliphatic rings. The molecule has 0 aliphatic heterocycles. The Morgan fingerprint density at radius 1 is 1.29 bits per heavy atom. The molecular formula is C11H12ClF3O2. The van der Waals surface area contributed by atoms with Crippen LogP contribution in [0, 0.1) is 0 Å². The third-order valence-corrected chi connectivity index (χ3v) is 2.45. The summed E-state index contributed by atoms with van der Waals surface area (Å²) in [5, 5.41) is 9.37. The summed E-state index contributed by atoms with van der Waals surface area (Å²) in [7, 11) is 0. The third kappa shape index (κ3) is 4.83. The molecule has 0 radical (unpaired) electrons. The number of aliphatic hydroxyl groups is 1. The van der Waals surface area contributed by atoms with Crippen LogP contribution in [0.4, 0.5) is 13.2 Å². The molecule has 0 aromatic heterocycles. The maximum absolute atomic E-state index is 11.9. The van der Waals surface area contributed by atoms with E-state index in [-0.39, 0.29) is 19.6 Å². The number of rotatable bonds is 5. The van der Waals surface area contributed by atoms with Crippen molar-refractivity contribution in [2.45, 2.75) is 25.6 Å². The molecule has 0 amide bonds. The number of hydrogen-bond donors (Lipinski definition) is 1. The van der Waals surface area contributed by atoms with Gasteiger partial charge in [-0.15, -0.1) is 0 Å². The van der Waals surface area contributed by atoms with E-state index in [2.05, 4.69) is 0 Å². The molecule has 96 valence electrons. The van der Waals surface area contributed by atoms with Gasteiger partial charge in [0.25, 0.3) is 0 Å². The van der Waals surface area contributed by atoms with Crippen molar-refractivity contribution >= 4 is 11.6 Å². The van der Waals surface area contributed by atoms with Gasteiger partial charge in [-0.1, -0.05) is 17.7 Å².